The van der Waals surface area contributed by atoms with E-state index < -0.39 is 0 Å². The third-order valence-corrected chi connectivity index (χ3v) is 7.67. The number of fused-ring (bicyclic) bond motifs is 1. The van der Waals surface area contributed by atoms with Crippen LogP contribution in [0, 0.1) is 12.7 Å². The first kappa shape index (κ1) is 23.6. The van der Waals surface area contributed by atoms with E-state index in [1.54, 1.807) is 25.6 Å². The first-order valence-electron chi connectivity index (χ1n) is 13.1. The molecule has 0 spiro atoms. The molecular weight excluding hydrogens is 471 g/mol. The van der Waals surface area contributed by atoms with E-state index in [-0.39, 0.29) is 18.3 Å². The largest absolute Gasteiger partial charge is 0.351 e. The standard InChI is InChI=1S/C27H31FN8O/c1-18-13-20(7-8-21(18)28)22-14-36(26(33-22)19-5-3-2-4-6-19)15-23(37)34-9-11-35(12-10-34)27-24-25(30-16-29-24)31-17-32-27/h7-8,13-14,16-17,19H,2-6,9-12,15H2,1H3,(H,29,30,31,32). The predicted octanol–water partition coefficient (Wildman–Crippen LogP) is 4.06. The monoisotopic (exact) mass is 502 g/mol. The first-order valence-corrected chi connectivity index (χ1v) is 13.1. The van der Waals surface area contributed by atoms with Crippen LogP contribution in [0.2, 0.25) is 0 Å². The van der Waals surface area contributed by atoms with Gasteiger partial charge >= 0.3 is 0 Å². The van der Waals surface area contributed by atoms with Crippen molar-refractivity contribution < 1.29 is 9.18 Å². The van der Waals surface area contributed by atoms with Crippen LogP contribution in [0.3, 0.4) is 0 Å². The van der Waals surface area contributed by atoms with Gasteiger partial charge in [-0.15, -0.1) is 0 Å². The molecule has 1 N–H and O–H groups in total. The molecule has 4 heterocycles. The highest BCUT2D eigenvalue weighted by Crippen LogP contribution is 2.34. The zero-order valence-corrected chi connectivity index (χ0v) is 21.0. The quantitative estimate of drug-likeness (QED) is 0.442. The average Bonchev–Trinajstić information content (AvgIpc) is 3.58. The molecule has 1 aliphatic heterocycles. The number of rotatable bonds is 5. The van der Waals surface area contributed by atoms with E-state index in [0.29, 0.717) is 43.3 Å². The summed E-state index contributed by atoms with van der Waals surface area (Å²) in [6, 6.07) is 5.09. The van der Waals surface area contributed by atoms with Crippen LogP contribution in [0.15, 0.2) is 37.1 Å². The lowest BCUT2D eigenvalue weighted by Crippen LogP contribution is -2.50. The van der Waals surface area contributed by atoms with Gasteiger partial charge in [-0.05, 0) is 43.5 Å². The Bertz CT molecular complexity index is 1420. The Morgan fingerprint density at radius 2 is 1.89 bits per heavy atom. The third-order valence-electron chi connectivity index (χ3n) is 7.67. The molecule has 1 amide bonds. The Morgan fingerprint density at radius 3 is 2.68 bits per heavy atom. The van der Waals surface area contributed by atoms with Crippen LogP contribution in [0.25, 0.3) is 22.4 Å². The second-order valence-electron chi connectivity index (χ2n) is 10.1. The minimum atomic E-state index is -0.222. The molecule has 9 nitrogen and oxygen atoms in total. The van der Waals surface area contributed by atoms with Gasteiger partial charge in [0.25, 0.3) is 0 Å². The van der Waals surface area contributed by atoms with Gasteiger partial charge in [0.05, 0.1) is 12.0 Å². The number of amides is 1. The fourth-order valence-corrected chi connectivity index (χ4v) is 5.58. The molecule has 6 rings (SSSR count). The Labute approximate surface area is 214 Å². The Balaban J connectivity index is 1.19. The van der Waals surface area contributed by atoms with Gasteiger partial charge in [0.2, 0.25) is 5.91 Å². The number of hydrogen-bond acceptors (Lipinski definition) is 6. The second-order valence-corrected chi connectivity index (χ2v) is 10.1. The van der Waals surface area contributed by atoms with Gasteiger partial charge in [0.15, 0.2) is 11.5 Å². The molecule has 0 atom stereocenters. The Morgan fingerprint density at radius 1 is 1.08 bits per heavy atom. The van der Waals surface area contributed by atoms with Crippen LogP contribution in [0.1, 0.15) is 49.4 Å². The number of aryl methyl sites for hydroxylation is 1. The SMILES string of the molecule is Cc1cc(-c2cn(CC(=O)N3CCN(c4ncnc5[nH]cnc45)CC3)c(C3CCCCC3)n2)ccc1F. The van der Waals surface area contributed by atoms with Crippen molar-refractivity contribution in [2.24, 2.45) is 0 Å². The topological polar surface area (TPSA) is 95.8 Å². The lowest BCUT2D eigenvalue weighted by atomic mass is 9.88. The summed E-state index contributed by atoms with van der Waals surface area (Å²) in [4.78, 5) is 38.5. The van der Waals surface area contributed by atoms with Crippen LogP contribution >= 0.6 is 0 Å². The van der Waals surface area contributed by atoms with E-state index in [1.807, 2.05) is 21.7 Å². The number of carbonyl (C=O) groups excluding carboxylic acids is 1. The molecule has 192 valence electrons. The molecule has 1 saturated carbocycles. The number of aromatic nitrogens is 6. The van der Waals surface area contributed by atoms with Gasteiger partial charge < -0.3 is 19.4 Å². The zero-order valence-electron chi connectivity index (χ0n) is 21.0. The van der Waals surface area contributed by atoms with Gasteiger partial charge in [-0.2, -0.15) is 0 Å². The summed E-state index contributed by atoms with van der Waals surface area (Å²) in [6.45, 7) is 4.63. The van der Waals surface area contributed by atoms with Crippen LogP contribution in [-0.4, -0.2) is 66.5 Å². The number of nitrogens with zero attached hydrogens (tertiary/aromatic N) is 7. The fraction of sp³-hybridized carbons (Fsp3) is 0.444. The minimum Gasteiger partial charge on any atom is -0.351 e. The van der Waals surface area contributed by atoms with Gasteiger partial charge in [-0.3, -0.25) is 4.79 Å². The van der Waals surface area contributed by atoms with Crippen molar-refractivity contribution in [3.8, 4) is 11.3 Å². The van der Waals surface area contributed by atoms with E-state index >= 15 is 0 Å². The molecule has 0 bridgehead atoms. The predicted molar refractivity (Wildman–Crippen MR) is 139 cm³/mol. The van der Waals surface area contributed by atoms with Crippen molar-refractivity contribution in [2.45, 2.75) is 51.5 Å². The number of aromatic amines is 1. The van der Waals surface area contributed by atoms with E-state index in [4.69, 9.17) is 4.98 Å². The molecule has 3 aromatic heterocycles. The van der Waals surface area contributed by atoms with Crippen LogP contribution in [-0.2, 0) is 11.3 Å². The summed E-state index contributed by atoms with van der Waals surface area (Å²) in [7, 11) is 0. The molecule has 2 fully saturated rings. The molecule has 2 aliphatic rings. The summed E-state index contributed by atoms with van der Waals surface area (Å²) in [5.41, 5.74) is 3.74. The summed E-state index contributed by atoms with van der Waals surface area (Å²) in [5.74, 6) is 1.99. The zero-order chi connectivity index (χ0) is 25.4. The fourth-order valence-electron chi connectivity index (χ4n) is 5.58. The minimum absolute atomic E-state index is 0.0866. The molecule has 10 heteroatoms. The summed E-state index contributed by atoms with van der Waals surface area (Å²) in [6.07, 6.45) is 10.9. The maximum atomic E-state index is 13.9. The van der Waals surface area contributed by atoms with Crippen molar-refractivity contribution in [3.05, 3.63) is 54.3 Å². The Kier molecular flexibility index (Phi) is 6.31. The van der Waals surface area contributed by atoms with E-state index in [2.05, 4.69) is 24.8 Å². The molecule has 0 unspecified atom stereocenters. The highest BCUT2D eigenvalue weighted by Gasteiger charge is 2.27. The van der Waals surface area contributed by atoms with Gasteiger partial charge in [0, 0.05) is 43.9 Å². The number of piperazine rings is 1. The van der Waals surface area contributed by atoms with Crippen LogP contribution in [0.4, 0.5) is 10.2 Å². The second kappa shape index (κ2) is 9.91. The molecule has 0 radical (unpaired) electrons. The smallest absolute Gasteiger partial charge is 0.242 e. The molecule has 1 aliphatic carbocycles. The van der Waals surface area contributed by atoms with E-state index in [9.17, 15) is 9.18 Å². The van der Waals surface area contributed by atoms with Crippen molar-refractivity contribution in [1.29, 1.82) is 0 Å². The maximum absolute atomic E-state index is 13.9. The van der Waals surface area contributed by atoms with Gasteiger partial charge in [0.1, 0.15) is 30.0 Å². The maximum Gasteiger partial charge on any atom is 0.242 e. The lowest BCUT2D eigenvalue weighted by molar-refractivity contribution is -0.132. The number of nitrogens with one attached hydrogen (secondary N) is 1. The molecule has 4 aromatic rings. The number of H-pyrrole nitrogens is 1. The highest BCUT2D eigenvalue weighted by atomic mass is 19.1. The summed E-state index contributed by atoms with van der Waals surface area (Å²) >= 11 is 0. The summed E-state index contributed by atoms with van der Waals surface area (Å²) < 4.78 is 15.9. The molecule has 1 saturated heterocycles. The lowest BCUT2D eigenvalue weighted by Gasteiger charge is -2.35. The number of halogens is 1. The van der Waals surface area contributed by atoms with Gasteiger partial charge in [-0.25, -0.2) is 24.3 Å². The number of carbonyl (C=O) groups is 1. The normalized spacial score (nSPS) is 17.0. The van der Waals surface area contributed by atoms with Crippen molar-refractivity contribution >= 4 is 22.9 Å². The van der Waals surface area contributed by atoms with E-state index in [0.717, 1.165) is 41.3 Å². The van der Waals surface area contributed by atoms with Gasteiger partial charge in [-0.1, -0.05) is 19.3 Å². The van der Waals surface area contributed by atoms with Crippen LogP contribution in [0.5, 0.6) is 0 Å². The molecule has 1 aromatic carbocycles. The van der Waals surface area contributed by atoms with Crippen molar-refractivity contribution in [2.75, 3.05) is 31.1 Å². The number of anilines is 1. The van der Waals surface area contributed by atoms with E-state index in [1.165, 1.54) is 25.3 Å². The Hall–Kier alpha value is -3.82. The number of hydrogen-bond donors (Lipinski definition) is 1. The average molecular weight is 503 g/mol. The first-order chi connectivity index (χ1) is 18.1. The van der Waals surface area contributed by atoms with Crippen molar-refractivity contribution in [3.63, 3.8) is 0 Å². The molecular formula is C27H31FN8O. The van der Waals surface area contributed by atoms with Crippen molar-refractivity contribution in [1.82, 2.24) is 34.4 Å². The summed E-state index contributed by atoms with van der Waals surface area (Å²) in [5, 5.41) is 0. The molecule has 37 heavy (non-hydrogen) atoms. The number of imidazole rings is 2. The highest BCUT2D eigenvalue weighted by molar-refractivity contribution is 5.83. The third kappa shape index (κ3) is 4.68. The number of benzene rings is 1. The van der Waals surface area contributed by atoms with Crippen LogP contribution < -0.4 is 4.90 Å².